The highest BCUT2D eigenvalue weighted by atomic mass is 16.6. The number of hydrogen-bond donors (Lipinski definition) is 0. The summed E-state index contributed by atoms with van der Waals surface area (Å²) in [7, 11) is 0. The molecule has 4 nitrogen and oxygen atoms in total. The molecule has 50 heavy (non-hydrogen) atoms. The zero-order valence-electron chi connectivity index (χ0n) is 34.0. The van der Waals surface area contributed by atoms with Crippen LogP contribution < -0.4 is 0 Å². The third-order valence-corrected chi connectivity index (χ3v) is 9.89. The van der Waals surface area contributed by atoms with E-state index in [-0.39, 0.29) is 24.6 Å². The number of carbonyl (C=O) groups excluding carboxylic acids is 2. The van der Waals surface area contributed by atoms with Gasteiger partial charge in [0.05, 0.1) is 0 Å². The quantitative estimate of drug-likeness (QED) is 0.0362. The van der Waals surface area contributed by atoms with Gasteiger partial charge in [-0.25, -0.2) is 0 Å². The Bertz CT molecular complexity index is 757. The number of carbonyl (C=O) groups is 2. The van der Waals surface area contributed by atoms with Crippen molar-refractivity contribution in [3.63, 3.8) is 0 Å². The van der Waals surface area contributed by atoms with Crippen LogP contribution in [0.5, 0.6) is 0 Å². The summed E-state index contributed by atoms with van der Waals surface area (Å²) in [6.07, 6.45) is 50.4. The molecule has 1 atom stereocenters. The predicted octanol–water partition coefficient (Wildman–Crippen LogP) is 15.3. The molecule has 0 amide bonds. The topological polar surface area (TPSA) is 52.6 Å². The first-order valence-electron chi connectivity index (χ1n) is 22.3. The molecule has 0 aromatic heterocycles. The van der Waals surface area contributed by atoms with E-state index in [0.717, 1.165) is 44.9 Å². The van der Waals surface area contributed by atoms with Gasteiger partial charge in [-0.2, -0.15) is 0 Å². The maximum Gasteiger partial charge on any atom is 0.306 e. The molecule has 0 fully saturated rings. The van der Waals surface area contributed by atoms with Crippen molar-refractivity contribution in [2.24, 2.45) is 0 Å². The van der Waals surface area contributed by atoms with Crippen LogP contribution in [0.2, 0.25) is 0 Å². The van der Waals surface area contributed by atoms with E-state index in [9.17, 15) is 9.59 Å². The van der Waals surface area contributed by atoms with Crippen LogP contribution in [0.1, 0.15) is 245 Å². The van der Waals surface area contributed by atoms with Crippen molar-refractivity contribution < 1.29 is 19.1 Å². The smallest absolute Gasteiger partial charge is 0.306 e. The van der Waals surface area contributed by atoms with Crippen LogP contribution in [0.4, 0.5) is 0 Å². The molecule has 0 heterocycles. The van der Waals surface area contributed by atoms with E-state index in [1.54, 1.807) is 0 Å². The van der Waals surface area contributed by atoms with Gasteiger partial charge >= 0.3 is 11.9 Å². The number of rotatable bonds is 40. The normalized spacial score (nSPS) is 12.3. The van der Waals surface area contributed by atoms with Crippen LogP contribution in [0, 0.1) is 0 Å². The number of ether oxygens (including phenoxy) is 2. The zero-order valence-corrected chi connectivity index (χ0v) is 34.0. The molecule has 0 saturated heterocycles. The van der Waals surface area contributed by atoms with E-state index in [1.807, 2.05) is 0 Å². The molecule has 0 aliphatic rings. The Morgan fingerprint density at radius 1 is 0.400 bits per heavy atom. The molecule has 0 saturated carbocycles. The minimum Gasteiger partial charge on any atom is -0.462 e. The van der Waals surface area contributed by atoms with Gasteiger partial charge in [0.25, 0.3) is 0 Å². The molecule has 0 aromatic rings. The molecule has 1 unspecified atom stereocenters. The summed E-state index contributed by atoms with van der Waals surface area (Å²) in [5, 5.41) is 0. The highest BCUT2D eigenvalue weighted by Gasteiger charge is 2.17. The van der Waals surface area contributed by atoms with E-state index < -0.39 is 0 Å². The highest BCUT2D eigenvalue weighted by Crippen LogP contribution is 2.15. The molecule has 0 aliphatic carbocycles. The third kappa shape index (κ3) is 39.2. The van der Waals surface area contributed by atoms with Crippen molar-refractivity contribution in [3.8, 4) is 0 Å². The molecule has 0 aromatic carbocycles. The Hall–Kier alpha value is -1.58. The summed E-state index contributed by atoms with van der Waals surface area (Å²) < 4.78 is 11.5. The minimum atomic E-state index is -0.310. The van der Waals surface area contributed by atoms with Gasteiger partial charge in [0, 0.05) is 12.8 Å². The Kier molecular flexibility index (Phi) is 40.5. The van der Waals surface area contributed by atoms with Crippen LogP contribution in [0.3, 0.4) is 0 Å². The average molecular weight is 703 g/mol. The Morgan fingerprint density at radius 3 is 1.12 bits per heavy atom. The van der Waals surface area contributed by atoms with Gasteiger partial charge in [-0.1, -0.05) is 180 Å². The molecule has 294 valence electrons. The lowest BCUT2D eigenvalue weighted by molar-refractivity contribution is -0.159. The molecule has 0 bridgehead atoms. The van der Waals surface area contributed by atoms with Crippen molar-refractivity contribution >= 4 is 11.9 Å². The van der Waals surface area contributed by atoms with E-state index in [4.69, 9.17) is 9.47 Å². The Morgan fingerprint density at radius 2 is 0.720 bits per heavy atom. The summed E-state index contributed by atoms with van der Waals surface area (Å²) in [5.41, 5.74) is 0. The van der Waals surface area contributed by atoms with Gasteiger partial charge in [-0.15, -0.1) is 0 Å². The number of esters is 2. The van der Waals surface area contributed by atoms with Gasteiger partial charge < -0.3 is 9.47 Å². The van der Waals surface area contributed by atoms with E-state index in [0.29, 0.717) is 12.8 Å². The maximum atomic E-state index is 12.7. The lowest BCUT2D eigenvalue weighted by Gasteiger charge is -2.18. The SMILES string of the molecule is CCCCCCCC/C=C/CCCCCCCC(=O)OCC(CCCCCCCC)OC(=O)CCCCCCC/C=C/CCCCCCCC. The second-order valence-electron chi connectivity index (χ2n) is 15.0. The monoisotopic (exact) mass is 703 g/mol. The Labute approximate surface area is 312 Å². The van der Waals surface area contributed by atoms with Crippen molar-refractivity contribution in [3.05, 3.63) is 24.3 Å². The molecule has 0 radical (unpaired) electrons. The number of unbranched alkanes of at least 4 members (excludes halogenated alkanes) is 27. The van der Waals surface area contributed by atoms with Gasteiger partial charge in [0.15, 0.2) is 0 Å². The van der Waals surface area contributed by atoms with Crippen molar-refractivity contribution in [1.82, 2.24) is 0 Å². The molecular weight excluding hydrogens is 617 g/mol. The fourth-order valence-electron chi connectivity index (χ4n) is 6.51. The second-order valence-corrected chi connectivity index (χ2v) is 15.0. The summed E-state index contributed by atoms with van der Waals surface area (Å²) in [6, 6.07) is 0. The first-order valence-corrected chi connectivity index (χ1v) is 22.3. The van der Waals surface area contributed by atoms with Gasteiger partial charge in [-0.3, -0.25) is 9.59 Å². The number of hydrogen-bond acceptors (Lipinski definition) is 4. The van der Waals surface area contributed by atoms with Crippen LogP contribution >= 0.6 is 0 Å². The van der Waals surface area contributed by atoms with Crippen molar-refractivity contribution in [2.75, 3.05) is 6.61 Å². The summed E-state index contributed by atoms with van der Waals surface area (Å²) in [4.78, 5) is 25.1. The van der Waals surface area contributed by atoms with Crippen LogP contribution in [-0.4, -0.2) is 24.6 Å². The van der Waals surface area contributed by atoms with Crippen LogP contribution in [0.15, 0.2) is 24.3 Å². The third-order valence-electron chi connectivity index (χ3n) is 9.89. The van der Waals surface area contributed by atoms with E-state index in [1.165, 1.54) is 167 Å². The standard InChI is InChI=1S/C46H86O4/c1-4-7-10-13-16-18-20-22-24-26-28-30-32-35-38-41-45(47)49-43-44(40-37-34-15-12-9-6-3)50-46(48)42-39-36-33-31-29-27-25-23-21-19-17-14-11-8-5-2/h22-25,44H,4-21,26-43H2,1-3H3/b24-22+,25-23+. The second kappa shape index (κ2) is 41.8. The average Bonchev–Trinajstić information content (AvgIpc) is 3.11. The van der Waals surface area contributed by atoms with Crippen LogP contribution in [-0.2, 0) is 19.1 Å². The van der Waals surface area contributed by atoms with Gasteiger partial charge in [-0.05, 0) is 77.0 Å². The zero-order chi connectivity index (χ0) is 36.4. The van der Waals surface area contributed by atoms with E-state index >= 15 is 0 Å². The lowest BCUT2D eigenvalue weighted by atomic mass is 10.1. The molecule has 0 N–H and O–H groups in total. The lowest BCUT2D eigenvalue weighted by Crippen LogP contribution is -2.25. The minimum absolute atomic E-state index is 0.132. The van der Waals surface area contributed by atoms with Crippen molar-refractivity contribution in [1.29, 1.82) is 0 Å². The molecule has 0 spiro atoms. The van der Waals surface area contributed by atoms with E-state index in [2.05, 4.69) is 45.1 Å². The maximum absolute atomic E-state index is 12.7. The first kappa shape index (κ1) is 48.4. The molecular formula is C46H86O4. The summed E-state index contributed by atoms with van der Waals surface area (Å²) in [5.74, 6) is -0.282. The van der Waals surface area contributed by atoms with Crippen LogP contribution in [0.25, 0.3) is 0 Å². The highest BCUT2D eigenvalue weighted by molar-refractivity contribution is 5.70. The Balaban J connectivity index is 4.04. The fraction of sp³-hybridized carbons (Fsp3) is 0.870. The summed E-state index contributed by atoms with van der Waals surface area (Å²) >= 11 is 0. The largest absolute Gasteiger partial charge is 0.462 e. The van der Waals surface area contributed by atoms with Gasteiger partial charge in [0.2, 0.25) is 0 Å². The predicted molar refractivity (Wildman–Crippen MR) is 218 cm³/mol. The van der Waals surface area contributed by atoms with Crippen molar-refractivity contribution in [2.45, 2.75) is 252 Å². The fourth-order valence-corrected chi connectivity index (χ4v) is 6.51. The number of allylic oxidation sites excluding steroid dienone is 4. The molecule has 0 rings (SSSR count). The summed E-state index contributed by atoms with van der Waals surface area (Å²) in [6.45, 7) is 6.98. The van der Waals surface area contributed by atoms with Gasteiger partial charge in [0.1, 0.15) is 12.7 Å². The molecule has 0 aliphatic heterocycles. The first-order chi connectivity index (χ1) is 24.6. The molecule has 4 heteroatoms.